The van der Waals surface area contributed by atoms with E-state index in [4.69, 9.17) is 4.74 Å². The van der Waals surface area contributed by atoms with Gasteiger partial charge in [-0.3, -0.25) is 9.59 Å². The number of carbonyl (C=O) groups is 2. The molecule has 0 aliphatic carbocycles. The fraction of sp³-hybridized carbons (Fsp3) is 0.263. The minimum atomic E-state index is -0.177. The average molecular weight is 326 g/mol. The molecule has 2 aromatic rings. The van der Waals surface area contributed by atoms with E-state index in [0.29, 0.717) is 36.6 Å². The molecule has 5 nitrogen and oxygen atoms in total. The molecule has 0 aromatic heterocycles. The quantitative estimate of drug-likeness (QED) is 0.733. The van der Waals surface area contributed by atoms with Crippen LogP contribution in [-0.2, 0) is 4.74 Å². The van der Waals surface area contributed by atoms with Crippen LogP contribution in [0, 0.1) is 0 Å². The Bertz CT molecular complexity index is 654. The molecule has 0 aliphatic heterocycles. The van der Waals surface area contributed by atoms with Crippen molar-refractivity contribution in [3.63, 3.8) is 0 Å². The van der Waals surface area contributed by atoms with Gasteiger partial charge in [-0.1, -0.05) is 18.2 Å². The zero-order valence-electron chi connectivity index (χ0n) is 13.7. The average Bonchev–Trinajstić information content (AvgIpc) is 2.62. The monoisotopic (exact) mass is 326 g/mol. The molecule has 0 radical (unpaired) electrons. The highest BCUT2D eigenvalue weighted by molar-refractivity contribution is 6.04. The molecule has 2 aromatic carbocycles. The highest BCUT2D eigenvalue weighted by Gasteiger charge is 2.07. The molecule has 0 heterocycles. The third-order valence-corrected chi connectivity index (χ3v) is 3.40. The van der Waals surface area contributed by atoms with Crippen LogP contribution in [0.1, 0.15) is 34.1 Å². The van der Waals surface area contributed by atoms with E-state index >= 15 is 0 Å². The van der Waals surface area contributed by atoms with Crippen molar-refractivity contribution in [2.24, 2.45) is 0 Å². The Morgan fingerprint density at radius 3 is 2.25 bits per heavy atom. The second-order valence-electron chi connectivity index (χ2n) is 5.20. The third kappa shape index (κ3) is 5.52. The van der Waals surface area contributed by atoms with Crippen LogP contribution >= 0.6 is 0 Å². The molecule has 126 valence electrons. The number of rotatable bonds is 8. The van der Waals surface area contributed by atoms with Crippen molar-refractivity contribution in [2.75, 3.05) is 25.1 Å². The second kappa shape index (κ2) is 9.47. The maximum atomic E-state index is 12.1. The van der Waals surface area contributed by atoms with Gasteiger partial charge in [-0.05, 0) is 49.7 Å². The van der Waals surface area contributed by atoms with Gasteiger partial charge in [0.15, 0.2) is 0 Å². The molecule has 0 bridgehead atoms. The van der Waals surface area contributed by atoms with Gasteiger partial charge in [-0.2, -0.15) is 0 Å². The summed E-state index contributed by atoms with van der Waals surface area (Å²) in [6.45, 7) is 3.84. The van der Waals surface area contributed by atoms with Crippen LogP contribution in [0.3, 0.4) is 0 Å². The summed E-state index contributed by atoms with van der Waals surface area (Å²) < 4.78 is 5.22. The summed E-state index contributed by atoms with van der Waals surface area (Å²) in [4.78, 5) is 24.1. The Balaban J connectivity index is 1.84. The predicted molar refractivity (Wildman–Crippen MR) is 94.3 cm³/mol. The minimum absolute atomic E-state index is 0.132. The maximum Gasteiger partial charge on any atom is 0.255 e. The van der Waals surface area contributed by atoms with Gasteiger partial charge in [0.1, 0.15) is 0 Å². The van der Waals surface area contributed by atoms with E-state index in [1.54, 1.807) is 36.4 Å². The van der Waals surface area contributed by atoms with Crippen molar-refractivity contribution in [3.8, 4) is 0 Å². The molecule has 2 amide bonds. The summed E-state index contributed by atoms with van der Waals surface area (Å²) in [6.07, 6.45) is 0.783. The third-order valence-electron chi connectivity index (χ3n) is 3.40. The van der Waals surface area contributed by atoms with Crippen molar-refractivity contribution in [3.05, 3.63) is 65.7 Å². The van der Waals surface area contributed by atoms with E-state index in [2.05, 4.69) is 10.6 Å². The summed E-state index contributed by atoms with van der Waals surface area (Å²) in [5, 5.41) is 5.64. The fourth-order valence-corrected chi connectivity index (χ4v) is 2.12. The molecule has 0 fully saturated rings. The summed E-state index contributed by atoms with van der Waals surface area (Å²) in [6, 6.07) is 15.8. The van der Waals surface area contributed by atoms with Crippen LogP contribution in [0.25, 0.3) is 0 Å². The lowest BCUT2D eigenvalue weighted by molar-refractivity contribution is 0.0943. The summed E-state index contributed by atoms with van der Waals surface area (Å²) in [5.41, 5.74) is 1.80. The number of nitrogens with one attached hydrogen (secondary N) is 2. The highest BCUT2D eigenvalue weighted by Crippen LogP contribution is 2.11. The molecule has 0 spiro atoms. The Morgan fingerprint density at radius 1 is 0.917 bits per heavy atom. The van der Waals surface area contributed by atoms with E-state index in [9.17, 15) is 9.59 Å². The minimum Gasteiger partial charge on any atom is -0.382 e. The fourth-order valence-electron chi connectivity index (χ4n) is 2.12. The van der Waals surface area contributed by atoms with Crippen LogP contribution in [0.4, 0.5) is 5.69 Å². The number of hydrogen-bond donors (Lipinski definition) is 2. The Labute approximate surface area is 142 Å². The van der Waals surface area contributed by atoms with Crippen LogP contribution in [0.15, 0.2) is 54.6 Å². The SMILES string of the molecule is CCOCCCNC(=O)c1ccc(NC(=O)c2ccccc2)cc1. The number of ether oxygens (including phenoxy) is 1. The maximum absolute atomic E-state index is 12.1. The molecule has 0 unspecified atom stereocenters. The van der Waals surface area contributed by atoms with Crippen LogP contribution in [0.2, 0.25) is 0 Å². The van der Waals surface area contributed by atoms with Gasteiger partial charge < -0.3 is 15.4 Å². The Kier molecular flexibility index (Phi) is 6.98. The van der Waals surface area contributed by atoms with Crippen LogP contribution < -0.4 is 10.6 Å². The van der Waals surface area contributed by atoms with Crippen molar-refractivity contribution in [2.45, 2.75) is 13.3 Å². The van der Waals surface area contributed by atoms with Gasteiger partial charge in [-0.15, -0.1) is 0 Å². The first kappa shape index (κ1) is 17.7. The molecule has 0 atom stereocenters. The van der Waals surface area contributed by atoms with Crippen molar-refractivity contribution >= 4 is 17.5 Å². The first-order valence-corrected chi connectivity index (χ1v) is 8.03. The molecule has 0 aliphatic rings. The lowest BCUT2D eigenvalue weighted by atomic mass is 10.1. The van der Waals surface area contributed by atoms with Gasteiger partial charge in [0.05, 0.1) is 0 Å². The summed E-state index contributed by atoms with van der Waals surface area (Å²) in [7, 11) is 0. The van der Waals surface area contributed by atoms with E-state index < -0.39 is 0 Å². The predicted octanol–water partition coefficient (Wildman–Crippen LogP) is 3.10. The smallest absolute Gasteiger partial charge is 0.255 e. The van der Waals surface area contributed by atoms with Gasteiger partial charge in [0.2, 0.25) is 0 Å². The molecule has 2 rings (SSSR count). The zero-order chi connectivity index (χ0) is 17.2. The topological polar surface area (TPSA) is 67.4 Å². The lowest BCUT2D eigenvalue weighted by Gasteiger charge is -2.08. The zero-order valence-corrected chi connectivity index (χ0v) is 13.7. The van der Waals surface area contributed by atoms with Crippen LogP contribution in [0.5, 0.6) is 0 Å². The van der Waals surface area contributed by atoms with E-state index in [-0.39, 0.29) is 11.8 Å². The number of hydrogen-bond acceptors (Lipinski definition) is 3. The van der Waals surface area contributed by atoms with E-state index in [0.717, 1.165) is 6.42 Å². The molecule has 0 saturated carbocycles. The molecular formula is C19H22N2O3. The van der Waals surface area contributed by atoms with Gasteiger partial charge >= 0.3 is 0 Å². The van der Waals surface area contributed by atoms with Gasteiger partial charge in [0.25, 0.3) is 11.8 Å². The van der Waals surface area contributed by atoms with Crippen LogP contribution in [-0.4, -0.2) is 31.6 Å². The first-order valence-electron chi connectivity index (χ1n) is 8.03. The Morgan fingerprint density at radius 2 is 1.58 bits per heavy atom. The molecule has 24 heavy (non-hydrogen) atoms. The normalized spacial score (nSPS) is 10.2. The van der Waals surface area contributed by atoms with Crippen molar-refractivity contribution in [1.29, 1.82) is 0 Å². The van der Waals surface area contributed by atoms with Crippen molar-refractivity contribution in [1.82, 2.24) is 5.32 Å². The number of carbonyl (C=O) groups excluding carboxylic acids is 2. The number of amides is 2. The summed E-state index contributed by atoms with van der Waals surface area (Å²) >= 11 is 0. The molecule has 0 saturated heterocycles. The standard InChI is InChI=1S/C19H22N2O3/c1-2-24-14-6-13-20-18(22)16-9-11-17(12-10-16)21-19(23)15-7-4-3-5-8-15/h3-5,7-12H,2,6,13-14H2,1H3,(H,20,22)(H,21,23). The van der Waals surface area contributed by atoms with Gasteiger partial charge in [-0.25, -0.2) is 0 Å². The highest BCUT2D eigenvalue weighted by atomic mass is 16.5. The molecular weight excluding hydrogens is 304 g/mol. The number of benzene rings is 2. The molecule has 2 N–H and O–H groups in total. The van der Waals surface area contributed by atoms with Crippen molar-refractivity contribution < 1.29 is 14.3 Å². The largest absolute Gasteiger partial charge is 0.382 e. The lowest BCUT2D eigenvalue weighted by Crippen LogP contribution is -2.25. The van der Waals surface area contributed by atoms with E-state index in [1.807, 2.05) is 25.1 Å². The second-order valence-corrected chi connectivity index (χ2v) is 5.20. The molecule has 5 heteroatoms. The Hall–Kier alpha value is -2.66. The van der Waals surface area contributed by atoms with E-state index in [1.165, 1.54) is 0 Å². The number of anilines is 1. The van der Waals surface area contributed by atoms with Gasteiger partial charge in [0, 0.05) is 36.6 Å². The first-order chi connectivity index (χ1) is 11.7. The summed E-state index contributed by atoms with van der Waals surface area (Å²) in [5.74, 6) is -0.309.